The molecule has 4 heteroatoms. The molecule has 2 aromatic rings. The van der Waals surface area contributed by atoms with Gasteiger partial charge in [-0.1, -0.05) is 88.4 Å². The lowest BCUT2D eigenvalue weighted by Crippen LogP contribution is -2.66. The zero-order chi connectivity index (χ0) is 18.8. The van der Waals surface area contributed by atoms with E-state index in [1.165, 1.54) is 10.4 Å². The Balaban J connectivity index is 1.96. The van der Waals surface area contributed by atoms with Crippen molar-refractivity contribution in [2.45, 2.75) is 57.5 Å². The Hall–Kier alpha value is -1.46. The van der Waals surface area contributed by atoms with Gasteiger partial charge >= 0.3 is 0 Å². The van der Waals surface area contributed by atoms with E-state index in [1.54, 1.807) is 0 Å². The quantitative estimate of drug-likeness (QED) is 0.601. The zero-order valence-corrected chi connectivity index (χ0v) is 17.2. The van der Waals surface area contributed by atoms with Gasteiger partial charge in [-0.25, -0.2) is 0 Å². The number of aliphatic hydroxyl groups excluding tert-OH is 1. The molecule has 2 aromatic carbocycles. The molecule has 0 saturated carbocycles. The highest BCUT2D eigenvalue weighted by atomic mass is 28.4. The van der Waals surface area contributed by atoms with Crippen molar-refractivity contribution in [3.05, 3.63) is 60.7 Å². The van der Waals surface area contributed by atoms with Gasteiger partial charge in [0.25, 0.3) is 8.32 Å². The van der Waals surface area contributed by atoms with Crippen molar-refractivity contribution in [2.24, 2.45) is 0 Å². The molecule has 0 amide bonds. The Morgan fingerprint density at radius 2 is 1.50 bits per heavy atom. The minimum absolute atomic E-state index is 0.00778. The van der Waals surface area contributed by atoms with Crippen LogP contribution >= 0.6 is 0 Å². The number of hydrogen-bond donors (Lipinski definition) is 1. The van der Waals surface area contributed by atoms with Gasteiger partial charge < -0.3 is 14.3 Å². The lowest BCUT2D eigenvalue weighted by molar-refractivity contribution is 0.131. The molecule has 140 valence electrons. The van der Waals surface area contributed by atoms with Gasteiger partial charge in [-0.2, -0.15) is 0 Å². The summed E-state index contributed by atoms with van der Waals surface area (Å²) < 4.78 is 12.5. The monoisotopic (exact) mass is 370 g/mol. The summed E-state index contributed by atoms with van der Waals surface area (Å²) in [5.74, 6) is 0. The van der Waals surface area contributed by atoms with Crippen LogP contribution in [-0.2, 0) is 9.16 Å². The smallest absolute Gasteiger partial charge is 0.261 e. The van der Waals surface area contributed by atoms with Gasteiger partial charge in [0.1, 0.15) is 12.2 Å². The van der Waals surface area contributed by atoms with E-state index in [-0.39, 0.29) is 17.2 Å². The van der Waals surface area contributed by atoms with E-state index in [4.69, 9.17) is 9.16 Å². The predicted molar refractivity (Wildman–Crippen MR) is 109 cm³/mol. The number of benzene rings is 2. The molecule has 1 N–H and O–H groups in total. The largest absolute Gasteiger partial charge is 0.405 e. The Morgan fingerprint density at radius 1 is 1.00 bits per heavy atom. The molecule has 0 aromatic heterocycles. The summed E-state index contributed by atoms with van der Waals surface area (Å²) in [6.45, 7) is 9.31. The maximum atomic E-state index is 10.0. The highest BCUT2D eigenvalue weighted by molar-refractivity contribution is 6.99. The minimum atomic E-state index is -2.51. The maximum Gasteiger partial charge on any atom is 0.261 e. The van der Waals surface area contributed by atoms with Crippen molar-refractivity contribution in [3.8, 4) is 0 Å². The first-order valence-corrected chi connectivity index (χ1v) is 11.4. The molecule has 3 atom stereocenters. The molecule has 0 aliphatic carbocycles. The van der Waals surface area contributed by atoms with E-state index in [2.05, 4.69) is 69.3 Å². The molecule has 0 spiro atoms. The maximum absolute atomic E-state index is 10.0. The number of aliphatic hydroxyl groups is 1. The summed E-state index contributed by atoms with van der Waals surface area (Å²) in [5, 5.41) is 12.5. The SMILES string of the molecule is CC[C@@H](O)[C@H]1O[C@@H]1CO[Si](c1ccccc1)(c1ccccc1)C(C)(C)C. The van der Waals surface area contributed by atoms with E-state index in [9.17, 15) is 5.11 Å². The molecule has 1 heterocycles. The van der Waals surface area contributed by atoms with Gasteiger partial charge in [-0.05, 0) is 21.8 Å². The minimum Gasteiger partial charge on any atom is -0.405 e. The Kier molecular flexibility index (Phi) is 5.68. The van der Waals surface area contributed by atoms with Crippen molar-refractivity contribution in [1.82, 2.24) is 0 Å². The van der Waals surface area contributed by atoms with E-state index < -0.39 is 14.4 Å². The lowest BCUT2D eigenvalue weighted by atomic mass is 10.1. The third-order valence-corrected chi connectivity index (χ3v) is 10.3. The van der Waals surface area contributed by atoms with Crippen LogP contribution in [0.3, 0.4) is 0 Å². The highest BCUT2D eigenvalue weighted by Crippen LogP contribution is 2.38. The van der Waals surface area contributed by atoms with Crippen LogP contribution in [0.4, 0.5) is 0 Å². The second-order valence-electron chi connectivity index (χ2n) is 8.09. The number of rotatable bonds is 7. The van der Waals surface area contributed by atoms with Gasteiger partial charge in [0.05, 0.1) is 12.7 Å². The zero-order valence-electron chi connectivity index (χ0n) is 16.2. The van der Waals surface area contributed by atoms with Crippen molar-refractivity contribution < 1.29 is 14.3 Å². The third kappa shape index (κ3) is 3.65. The fourth-order valence-electron chi connectivity index (χ4n) is 3.83. The molecule has 26 heavy (non-hydrogen) atoms. The Bertz CT molecular complexity index is 657. The van der Waals surface area contributed by atoms with Crippen molar-refractivity contribution in [2.75, 3.05) is 6.61 Å². The number of ether oxygens (including phenoxy) is 1. The first-order valence-electron chi connectivity index (χ1n) is 9.48. The van der Waals surface area contributed by atoms with Crippen molar-refractivity contribution >= 4 is 18.7 Å². The summed E-state index contributed by atoms with van der Waals surface area (Å²) in [6.07, 6.45) is 0.216. The van der Waals surface area contributed by atoms with Gasteiger partial charge in [0.2, 0.25) is 0 Å². The van der Waals surface area contributed by atoms with Crippen molar-refractivity contribution in [1.29, 1.82) is 0 Å². The second-order valence-corrected chi connectivity index (χ2v) is 12.4. The molecular formula is C22H30O3Si. The molecule has 3 rings (SSSR count). The first kappa shape index (κ1) is 19.3. The van der Waals surface area contributed by atoms with Crippen LogP contribution in [0.25, 0.3) is 0 Å². The van der Waals surface area contributed by atoms with Crippen LogP contribution in [0.15, 0.2) is 60.7 Å². The summed E-state index contributed by atoms with van der Waals surface area (Å²) in [6, 6.07) is 21.2. The normalized spacial score (nSPS) is 21.4. The molecule has 0 unspecified atom stereocenters. The fourth-order valence-corrected chi connectivity index (χ4v) is 8.40. The topological polar surface area (TPSA) is 42.0 Å². The van der Waals surface area contributed by atoms with E-state index in [1.807, 2.05) is 19.1 Å². The Labute approximate surface area is 158 Å². The van der Waals surface area contributed by atoms with E-state index in [0.29, 0.717) is 13.0 Å². The number of hydrogen-bond acceptors (Lipinski definition) is 3. The van der Waals surface area contributed by atoms with E-state index in [0.717, 1.165) is 0 Å². The van der Waals surface area contributed by atoms with E-state index >= 15 is 0 Å². The lowest BCUT2D eigenvalue weighted by Gasteiger charge is -2.43. The molecular weight excluding hydrogens is 340 g/mol. The predicted octanol–water partition coefficient (Wildman–Crippen LogP) is 3.10. The Morgan fingerprint density at radius 3 is 1.92 bits per heavy atom. The van der Waals surface area contributed by atoms with Crippen LogP contribution in [0.5, 0.6) is 0 Å². The molecule has 3 nitrogen and oxygen atoms in total. The molecule has 1 saturated heterocycles. The molecule has 1 aliphatic heterocycles. The average molecular weight is 371 g/mol. The highest BCUT2D eigenvalue weighted by Gasteiger charge is 2.52. The summed E-state index contributed by atoms with van der Waals surface area (Å²) in [4.78, 5) is 0. The van der Waals surface area contributed by atoms with Gasteiger partial charge in [0.15, 0.2) is 0 Å². The first-order chi connectivity index (χ1) is 12.4. The third-order valence-electron chi connectivity index (χ3n) is 5.30. The van der Waals surface area contributed by atoms with Gasteiger partial charge in [-0.15, -0.1) is 0 Å². The summed E-state index contributed by atoms with van der Waals surface area (Å²) in [7, 11) is -2.51. The van der Waals surface area contributed by atoms with Crippen LogP contribution < -0.4 is 10.4 Å². The molecule has 1 fully saturated rings. The standard InChI is InChI=1S/C22H30O3Si/c1-5-19(23)21-20(25-21)16-24-26(22(2,3)4,17-12-8-6-9-13-17)18-14-10-7-11-15-18/h6-15,19-21,23H,5,16H2,1-4H3/t19-,20-,21-/m1/s1. The van der Waals surface area contributed by atoms with Crippen LogP contribution in [0, 0.1) is 0 Å². The average Bonchev–Trinajstić information content (AvgIpc) is 3.42. The van der Waals surface area contributed by atoms with Crippen LogP contribution in [0.2, 0.25) is 5.04 Å². The van der Waals surface area contributed by atoms with Crippen molar-refractivity contribution in [3.63, 3.8) is 0 Å². The number of epoxide rings is 1. The molecule has 0 bridgehead atoms. The van der Waals surface area contributed by atoms with Crippen LogP contribution in [0.1, 0.15) is 34.1 Å². The molecule has 1 aliphatic rings. The second kappa shape index (κ2) is 7.65. The van der Waals surface area contributed by atoms with Gasteiger partial charge in [0, 0.05) is 0 Å². The molecule has 0 radical (unpaired) electrons. The summed E-state index contributed by atoms with van der Waals surface area (Å²) in [5.41, 5.74) is 0. The fraction of sp³-hybridized carbons (Fsp3) is 0.455. The summed E-state index contributed by atoms with van der Waals surface area (Å²) >= 11 is 0. The van der Waals surface area contributed by atoms with Crippen LogP contribution in [-0.4, -0.2) is 38.3 Å². The van der Waals surface area contributed by atoms with Gasteiger partial charge in [-0.3, -0.25) is 0 Å².